The molecule has 5 nitrogen and oxygen atoms in total. The van der Waals surface area contributed by atoms with Gasteiger partial charge in [0, 0.05) is 37.5 Å². The lowest BCUT2D eigenvalue weighted by Gasteiger charge is -2.26. The van der Waals surface area contributed by atoms with Crippen LogP contribution in [-0.2, 0) is 4.79 Å². The second kappa shape index (κ2) is 5.30. The number of fused-ring (bicyclic) bond motifs is 1. The molecule has 1 saturated heterocycles. The number of hydrogen-bond acceptors (Lipinski definition) is 3. The van der Waals surface area contributed by atoms with Gasteiger partial charge in [-0.3, -0.25) is 14.6 Å². The molecule has 1 aliphatic heterocycles. The second-order valence-corrected chi connectivity index (χ2v) is 6.43. The fourth-order valence-corrected chi connectivity index (χ4v) is 3.17. The number of allylic oxidation sites excluding steroid dienone is 3. The smallest absolute Gasteiger partial charge is 0.257 e. The van der Waals surface area contributed by atoms with E-state index >= 15 is 0 Å². The lowest BCUT2D eigenvalue weighted by molar-refractivity contribution is -0.133. The van der Waals surface area contributed by atoms with Crippen LogP contribution in [0.1, 0.15) is 30.6 Å². The number of rotatable bonds is 2. The van der Waals surface area contributed by atoms with E-state index in [0.29, 0.717) is 5.56 Å². The summed E-state index contributed by atoms with van der Waals surface area (Å²) in [6.07, 6.45) is 4.65. The van der Waals surface area contributed by atoms with Gasteiger partial charge in [-0.2, -0.15) is 0 Å². The maximum atomic E-state index is 14.4. The first-order chi connectivity index (χ1) is 10.8. The number of halogens is 1. The minimum Gasteiger partial charge on any atom is -0.320 e. The summed E-state index contributed by atoms with van der Waals surface area (Å²) in [5.74, 6) is -1.09. The summed E-state index contributed by atoms with van der Waals surface area (Å²) in [7, 11) is 1.68. The Labute approximate surface area is 133 Å². The highest BCUT2D eigenvalue weighted by Gasteiger charge is 2.50. The molecule has 0 spiro atoms. The van der Waals surface area contributed by atoms with Crippen LogP contribution in [0.4, 0.5) is 4.39 Å². The molecule has 2 aliphatic rings. The van der Waals surface area contributed by atoms with Crippen LogP contribution in [0.3, 0.4) is 0 Å². The number of likely N-dealkylation sites (tertiary alicyclic amines) is 1. The van der Waals surface area contributed by atoms with Crippen molar-refractivity contribution in [2.75, 3.05) is 7.05 Å². The van der Waals surface area contributed by atoms with Crippen molar-refractivity contribution in [3.05, 3.63) is 53.4 Å². The number of amides is 2. The van der Waals surface area contributed by atoms with Crippen LogP contribution in [0.15, 0.2) is 47.8 Å². The van der Waals surface area contributed by atoms with Crippen molar-refractivity contribution in [3.8, 4) is 0 Å². The Morgan fingerprint density at radius 2 is 2.22 bits per heavy atom. The third kappa shape index (κ3) is 2.44. The maximum absolute atomic E-state index is 14.4. The highest BCUT2D eigenvalue weighted by Crippen LogP contribution is 2.48. The summed E-state index contributed by atoms with van der Waals surface area (Å²) >= 11 is 0. The molecule has 2 heterocycles. The molecule has 1 N–H and O–H groups in total. The lowest BCUT2D eigenvalue weighted by atomic mass is 9.76. The second-order valence-electron chi connectivity index (χ2n) is 6.43. The minimum absolute atomic E-state index is 0.0404. The Bertz CT molecular complexity index is 737. The van der Waals surface area contributed by atoms with Gasteiger partial charge < -0.3 is 10.2 Å². The number of pyridine rings is 1. The zero-order valence-electron chi connectivity index (χ0n) is 13.3. The molecule has 1 aliphatic carbocycles. The summed E-state index contributed by atoms with van der Waals surface area (Å²) in [4.78, 5) is 29.9. The number of carbonyl (C=O) groups excluding carboxylic acids is 2. The molecule has 0 saturated carbocycles. The molecule has 1 unspecified atom stereocenters. The molecule has 0 radical (unpaired) electrons. The van der Waals surface area contributed by atoms with Gasteiger partial charge in [-0.25, -0.2) is 4.39 Å². The summed E-state index contributed by atoms with van der Waals surface area (Å²) in [6.45, 7) is 3.65. The Balaban J connectivity index is 1.88. The van der Waals surface area contributed by atoms with Gasteiger partial charge >= 0.3 is 0 Å². The number of aromatic nitrogens is 1. The predicted octanol–water partition coefficient (Wildman–Crippen LogP) is 2.39. The molecule has 6 heteroatoms. The number of nitrogens with zero attached hydrogens (tertiary/aromatic N) is 2. The van der Waals surface area contributed by atoms with Crippen LogP contribution < -0.4 is 5.32 Å². The summed E-state index contributed by atoms with van der Waals surface area (Å²) < 4.78 is 14.4. The van der Waals surface area contributed by atoms with Crippen LogP contribution in [0.2, 0.25) is 0 Å². The van der Waals surface area contributed by atoms with Gasteiger partial charge in [-0.1, -0.05) is 13.8 Å². The van der Waals surface area contributed by atoms with E-state index in [2.05, 4.69) is 10.3 Å². The van der Waals surface area contributed by atoms with Crippen molar-refractivity contribution in [2.45, 2.75) is 20.3 Å². The van der Waals surface area contributed by atoms with Crippen LogP contribution in [0, 0.1) is 11.3 Å². The van der Waals surface area contributed by atoms with Gasteiger partial charge in [0.2, 0.25) is 5.91 Å². The Kier molecular flexibility index (Phi) is 3.55. The zero-order chi connectivity index (χ0) is 16.8. The molecular formula is C17H18FN3O2. The van der Waals surface area contributed by atoms with Crippen molar-refractivity contribution in [1.29, 1.82) is 0 Å². The van der Waals surface area contributed by atoms with Crippen molar-refractivity contribution in [1.82, 2.24) is 15.2 Å². The monoisotopic (exact) mass is 315 g/mol. The SMILES string of the molecule is CN1C(=O)C(C)(C)C2CC(F)=C(NC(=O)c3cccnc3)C=C21. The predicted molar refractivity (Wildman–Crippen MR) is 82.6 cm³/mol. The first-order valence-corrected chi connectivity index (χ1v) is 7.42. The fraction of sp³-hybridized carbons (Fsp3) is 0.353. The van der Waals surface area contributed by atoms with Gasteiger partial charge in [0.1, 0.15) is 5.83 Å². The third-order valence-electron chi connectivity index (χ3n) is 4.61. The lowest BCUT2D eigenvalue weighted by Crippen LogP contribution is -2.30. The van der Waals surface area contributed by atoms with E-state index in [1.165, 1.54) is 6.20 Å². The number of nitrogens with one attached hydrogen (secondary N) is 1. The highest BCUT2D eigenvalue weighted by atomic mass is 19.1. The summed E-state index contributed by atoms with van der Waals surface area (Å²) in [5.41, 5.74) is 0.562. The molecule has 3 rings (SSSR count). The van der Waals surface area contributed by atoms with Crippen molar-refractivity contribution >= 4 is 11.8 Å². The molecule has 1 aromatic heterocycles. The number of carbonyl (C=O) groups is 2. The van der Waals surface area contributed by atoms with E-state index in [9.17, 15) is 14.0 Å². The van der Waals surface area contributed by atoms with Gasteiger partial charge in [-0.05, 0) is 18.2 Å². The fourth-order valence-electron chi connectivity index (χ4n) is 3.17. The number of hydrogen-bond donors (Lipinski definition) is 1. The van der Waals surface area contributed by atoms with Crippen molar-refractivity contribution < 1.29 is 14.0 Å². The largest absolute Gasteiger partial charge is 0.320 e. The first kappa shape index (κ1) is 15.4. The van der Waals surface area contributed by atoms with Gasteiger partial charge in [-0.15, -0.1) is 0 Å². The zero-order valence-corrected chi connectivity index (χ0v) is 13.3. The summed E-state index contributed by atoms with van der Waals surface area (Å²) in [6, 6.07) is 3.24. The molecule has 0 bridgehead atoms. The molecule has 23 heavy (non-hydrogen) atoms. The average molecular weight is 315 g/mol. The van der Waals surface area contributed by atoms with E-state index in [1.54, 1.807) is 36.4 Å². The van der Waals surface area contributed by atoms with Crippen LogP contribution in [0.5, 0.6) is 0 Å². The molecule has 0 aromatic carbocycles. The average Bonchev–Trinajstić information content (AvgIpc) is 2.70. The van der Waals surface area contributed by atoms with Gasteiger partial charge in [0.05, 0.1) is 16.7 Å². The van der Waals surface area contributed by atoms with E-state index < -0.39 is 17.1 Å². The molecule has 1 atom stereocenters. The third-order valence-corrected chi connectivity index (χ3v) is 4.61. The Hall–Kier alpha value is -2.50. The molecule has 1 fully saturated rings. The molecule has 120 valence electrons. The topological polar surface area (TPSA) is 62.3 Å². The van der Waals surface area contributed by atoms with Gasteiger partial charge in [0.15, 0.2) is 0 Å². The quantitative estimate of drug-likeness (QED) is 0.911. The van der Waals surface area contributed by atoms with E-state index in [-0.39, 0.29) is 23.9 Å². The Morgan fingerprint density at radius 1 is 1.48 bits per heavy atom. The molecule has 2 amide bonds. The van der Waals surface area contributed by atoms with E-state index in [1.807, 2.05) is 13.8 Å². The molecular weight excluding hydrogens is 297 g/mol. The van der Waals surface area contributed by atoms with Crippen LogP contribution in [-0.4, -0.2) is 28.7 Å². The van der Waals surface area contributed by atoms with Crippen molar-refractivity contribution in [2.24, 2.45) is 11.3 Å². The van der Waals surface area contributed by atoms with Gasteiger partial charge in [0.25, 0.3) is 5.91 Å². The standard InChI is InChI=1S/C17H18FN3O2/c1-17(2)11-7-12(18)13(8-14(11)21(3)16(17)23)20-15(22)10-5-4-6-19-9-10/h4-6,8-9,11H,7H2,1-3H3,(H,20,22). The van der Waals surface area contributed by atoms with Crippen LogP contribution in [0.25, 0.3) is 0 Å². The van der Waals surface area contributed by atoms with Crippen molar-refractivity contribution in [3.63, 3.8) is 0 Å². The summed E-state index contributed by atoms with van der Waals surface area (Å²) in [5, 5.41) is 2.57. The maximum Gasteiger partial charge on any atom is 0.257 e. The normalized spacial score (nSPS) is 22.8. The minimum atomic E-state index is -0.642. The Morgan fingerprint density at radius 3 is 2.87 bits per heavy atom. The molecule has 1 aromatic rings. The van der Waals surface area contributed by atoms with Crippen LogP contribution >= 0.6 is 0 Å². The van der Waals surface area contributed by atoms with E-state index in [4.69, 9.17) is 0 Å². The first-order valence-electron chi connectivity index (χ1n) is 7.42. The highest BCUT2D eigenvalue weighted by molar-refractivity contribution is 5.95. The van der Waals surface area contributed by atoms with E-state index in [0.717, 1.165) is 5.70 Å².